The summed E-state index contributed by atoms with van der Waals surface area (Å²) in [6.45, 7) is 4.65. The van der Waals surface area contributed by atoms with Crippen molar-refractivity contribution in [2.45, 2.75) is 206 Å². The van der Waals surface area contributed by atoms with Gasteiger partial charge in [-0.15, -0.1) is 0 Å². The van der Waals surface area contributed by atoms with Crippen molar-refractivity contribution in [3.63, 3.8) is 0 Å². The maximum Gasteiger partial charge on any atom is 0.362 e. The number of unbranched alkanes of at least 4 members (excludes halogenated alkanes) is 18. The second-order valence-corrected chi connectivity index (χ2v) is 17.4. The van der Waals surface area contributed by atoms with Gasteiger partial charge in [-0.2, -0.15) is 0 Å². The molecule has 350 valence electrons. The van der Waals surface area contributed by atoms with Crippen LogP contribution in [0.15, 0.2) is 72.9 Å². The third-order valence-electron chi connectivity index (χ3n) is 10.6. The molecule has 0 rings (SSSR count). The summed E-state index contributed by atoms with van der Waals surface area (Å²) >= 11 is 0. The maximum atomic E-state index is 12.7. The van der Waals surface area contributed by atoms with E-state index >= 15 is 0 Å². The highest BCUT2D eigenvalue weighted by atomic mass is 16.6. The Morgan fingerprint density at radius 1 is 0.508 bits per heavy atom. The van der Waals surface area contributed by atoms with Gasteiger partial charge in [-0.25, -0.2) is 4.79 Å². The number of aliphatic carboxylic acids is 1. The number of rotatable bonds is 43. The molecule has 0 spiro atoms. The van der Waals surface area contributed by atoms with Gasteiger partial charge in [0.05, 0.1) is 34.4 Å². The molecule has 0 aromatic carbocycles. The van der Waals surface area contributed by atoms with Gasteiger partial charge < -0.3 is 23.8 Å². The molecule has 8 heteroatoms. The zero-order chi connectivity index (χ0) is 44.9. The number of carbonyl (C=O) groups excluding carboxylic acids is 2. The van der Waals surface area contributed by atoms with Gasteiger partial charge in [0, 0.05) is 19.3 Å². The van der Waals surface area contributed by atoms with Gasteiger partial charge in [0.25, 0.3) is 0 Å². The molecule has 0 aromatic rings. The predicted octanol–water partition coefficient (Wildman–Crippen LogP) is 13.9. The van der Waals surface area contributed by atoms with Crippen LogP contribution in [0.1, 0.15) is 194 Å². The zero-order valence-corrected chi connectivity index (χ0v) is 39.8. The highest BCUT2D eigenvalue weighted by Gasteiger charge is 2.31. The first-order valence-electron chi connectivity index (χ1n) is 24.5. The van der Waals surface area contributed by atoms with Crippen molar-refractivity contribution < 1.29 is 38.2 Å². The second kappa shape index (κ2) is 43.4. The highest BCUT2D eigenvalue weighted by molar-refractivity contribution is 5.72. The van der Waals surface area contributed by atoms with Crippen molar-refractivity contribution in [2.75, 3.05) is 41.0 Å². The van der Waals surface area contributed by atoms with Gasteiger partial charge in [-0.1, -0.05) is 164 Å². The Balaban J connectivity index is 4.37. The summed E-state index contributed by atoms with van der Waals surface area (Å²) in [6.07, 6.45) is 55.2. The van der Waals surface area contributed by atoms with Gasteiger partial charge in [-0.3, -0.25) is 9.59 Å². The van der Waals surface area contributed by atoms with E-state index in [0.717, 1.165) is 89.9 Å². The Labute approximate surface area is 374 Å². The molecular weight excluding hydrogens is 763 g/mol. The Bertz CT molecular complexity index is 1230. The lowest BCUT2D eigenvalue weighted by Crippen LogP contribution is -2.50. The lowest BCUT2D eigenvalue weighted by Gasteiger charge is -2.31. The van der Waals surface area contributed by atoms with E-state index < -0.39 is 18.1 Å². The number of esters is 2. The van der Waals surface area contributed by atoms with Gasteiger partial charge in [-0.05, 0) is 83.5 Å². The molecule has 0 bridgehead atoms. The molecule has 0 aliphatic heterocycles. The van der Waals surface area contributed by atoms with Crippen LogP contribution in [0.25, 0.3) is 0 Å². The van der Waals surface area contributed by atoms with E-state index in [1.807, 2.05) is 21.1 Å². The minimum Gasteiger partial charge on any atom is -0.477 e. The molecule has 8 nitrogen and oxygen atoms in total. The Hall–Kier alpha value is -3.23. The number of ether oxygens (including phenoxy) is 3. The van der Waals surface area contributed by atoms with Crippen molar-refractivity contribution in [1.29, 1.82) is 0 Å². The third-order valence-corrected chi connectivity index (χ3v) is 10.6. The summed E-state index contributed by atoms with van der Waals surface area (Å²) in [4.78, 5) is 37.1. The average molecular weight is 855 g/mol. The zero-order valence-electron chi connectivity index (χ0n) is 39.8. The lowest BCUT2D eigenvalue weighted by atomic mass is 10.1. The monoisotopic (exact) mass is 855 g/mol. The number of carboxylic acid groups (broad SMARTS) is 1. The fourth-order valence-corrected chi connectivity index (χ4v) is 6.77. The first-order valence-corrected chi connectivity index (χ1v) is 24.5. The summed E-state index contributed by atoms with van der Waals surface area (Å²) in [5, 5.41) is 9.64. The number of carbonyl (C=O) groups is 3. The molecule has 61 heavy (non-hydrogen) atoms. The molecular formula is C53H92NO7+. The van der Waals surface area contributed by atoms with E-state index in [1.54, 1.807) is 0 Å². The molecule has 0 radical (unpaired) electrons. The van der Waals surface area contributed by atoms with Crippen molar-refractivity contribution in [3.05, 3.63) is 72.9 Å². The molecule has 0 fully saturated rings. The van der Waals surface area contributed by atoms with Crippen LogP contribution in [0.5, 0.6) is 0 Å². The van der Waals surface area contributed by atoms with E-state index in [2.05, 4.69) is 86.8 Å². The molecule has 1 N–H and O–H groups in total. The molecule has 2 unspecified atom stereocenters. The van der Waals surface area contributed by atoms with E-state index in [-0.39, 0.29) is 42.7 Å². The third kappa shape index (κ3) is 41.9. The molecule has 0 amide bonds. The molecule has 0 heterocycles. The quantitative estimate of drug-likeness (QED) is 0.0214. The van der Waals surface area contributed by atoms with Crippen LogP contribution < -0.4 is 0 Å². The van der Waals surface area contributed by atoms with Crippen molar-refractivity contribution >= 4 is 17.9 Å². The molecule has 2 atom stereocenters. The number of hydrogen-bond acceptors (Lipinski definition) is 6. The SMILES string of the molecule is CCCCC/C=C/C/C=C/C/C=C/C/C=C/CCCCCCCC(=O)OCC(COCCC(C(=O)O)[N+](C)(C)C)OC(=O)CCCCC/C=C/C=C/CCCCCCCCC. The minimum atomic E-state index is -0.884. The summed E-state index contributed by atoms with van der Waals surface area (Å²) in [7, 11) is 5.51. The summed E-state index contributed by atoms with van der Waals surface area (Å²) in [6, 6.07) is -0.626. The standard InChI is InChI=1S/C53H91NO7/c1-6-8-10-12-14-16-18-20-22-24-25-26-27-28-30-31-33-35-37-39-41-43-51(55)60-48-49(47-59-46-45-50(53(57)58)54(3,4)5)61-52(56)44-42-40-38-36-34-32-29-23-21-19-17-15-13-11-9-7-2/h14,16,20,22-23,25-26,28-30,32,34,49-50H,6-13,15,17-19,21,24,27,31,33,35-48H2,1-5H3/p+1/b16-14+,22-20+,26-25+,29-23+,30-28+,34-32+. The number of likely N-dealkylation sites (N-methyl/N-ethyl adjacent to an activating group) is 1. The number of hydrogen-bond donors (Lipinski definition) is 1. The first-order chi connectivity index (χ1) is 29.6. The van der Waals surface area contributed by atoms with Crippen molar-refractivity contribution in [2.24, 2.45) is 0 Å². The van der Waals surface area contributed by atoms with E-state index in [4.69, 9.17) is 14.2 Å². The van der Waals surface area contributed by atoms with Crippen LogP contribution in [0.3, 0.4) is 0 Å². The number of carboxylic acids is 1. The normalized spacial score (nSPS) is 13.5. The summed E-state index contributed by atoms with van der Waals surface area (Å²) < 4.78 is 17.3. The van der Waals surface area contributed by atoms with Crippen LogP contribution in [0.4, 0.5) is 0 Å². The molecule has 0 aliphatic rings. The van der Waals surface area contributed by atoms with E-state index in [9.17, 15) is 19.5 Å². The van der Waals surface area contributed by atoms with Crippen LogP contribution >= 0.6 is 0 Å². The van der Waals surface area contributed by atoms with Gasteiger partial charge in [0.1, 0.15) is 6.61 Å². The fourth-order valence-electron chi connectivity index (χ4n) is 6.77. The maximum absolute atomic E-state index is 12.7. The van der Waals surface area contributed by atoms with Gasteiger partial charge in [0.15, 0.2) is 12.1 Å². The Kier molecular flexibility index (Phi) is 41.1. The first kappa shape index (κ1) is 57.8. The molecule has 0 saturated carbocycles. The fraction of sp³-hybridized carbons (Fsp3) is 0.717. The Morgan fingerprint density at radius 3 is 1.43 bits per heavy atom. The number of quaternary nitrogens is 1. The topological polar surface area (TPSA) is 99.1 Å². The van der Waals surface area contributed by atoms with Gasteiger partial charge >= 0.3 is 17.9 Å². The average Bonchev–Trinajstić information content (AvgIpc) is 3.22. The lowest BCUT2D eigenvalue weighted by molar-refractivity contribution is -0.887. The van der Waals surface area contributed by atoms with Crippen molar-refractivity contribution in [1.82, 2.24) is 0 Å². The molecule has 0 aliphatic carbocycles. The smallest absolute Gasteiger partial charge is 0.362 e. The number of allylic oxidation sites excluding steroid dienone is 12. The second-order valence-electron chi connectivity index (χ2n) is 17.4. The molecule has 0 aromatic heterocycles. The van der Waals surface area contributed by atoms with Crippen molar-refractivity contribution in [3.8, 4) is 0 Å². The predicted molar refractivity (Wildman–Crippen MR) is 257 cm³/mol. The molecule has 0 saturated heterocycles. The van der Waals surface area contributed by atoms with Crippen LogP contribution in [0, 0.1) is 0 Å². The van der Waals surface area contributed by atoms with Gasteiger partial charge in [0.2, 0.25) is 0 Å². The minimum absolute atomic E-state index is 0.0409. The van der Waals surface area contributed by atoms with Crippen LogP contribution in [-0.4, -0.2) is 80.6 Å². The summed E-state index contributed by atoms with van der Waals surface area (Å²) in [5.41, 5.74) is 0. The highest BCUT2D eigenvalue weighted by Crippen LogP contribution is 2.13. The van der Waals surface area contributed by atoms with Crippen LogP contribution in [-0.2, 0) is 28.6 Å². The Morgan fingerprint density at radius 2 is 0.918 bits per heavy atom. The van der Waals surface area contributed by atoms with Crippen LogP contribution in [0.2, 0.25) is 0 Å². The van der Waals surface area contributed by atoms with E-state index in [0.29, 0.717) is 12.8 Å². The number of nitrogens with zero attached hydrogens (tertiary/aromatic N) is 1. The summed E-state index contributed by atoms with van der Waals surface area (Å²) in [5.74, 6) is -1.53. The largest absolute Gasteiger partial charge is 0.477 e. The van der Waals surface area contributed by atoms with E-state index in [1.165, 1.54) is 70.6 Å².